The van der Waals surface area contributed by atoms with Gasteiger partial charge in [-0.05, 0) is 51.7 Å². The highest BCUT2D eigenvalue weighted by Crippen LogP contribution is 2.39. The van der Waals surface area contributed by atoms with Crippen molar-refractivity contribution in [3.8, 4) is 22.4 Å². The third kappa shape index (κ3) is 2.86. The summed E-state index contributed by atoms with van der Waals surface area (Å²) in [6.45, 7) is 0. The molecule has 2 heterocycles. The lowest BCUT2D eigenvalue weighted by Gasteiger charge is -2.08. The van der Waals surface area contributed by atoms with Crippen LogP contribution in [0.3, 0.4) is 0 Å². The van der Waals surface area contributed by atoms with Crippen LogP contribution in [0.15, 0.2) is 91.0 Å². The predicted octanol–water partition coefficient (Wildman–Crippen LogP) is 7.99. The molecule has 4 aromatic carbocycles. The molecule has 0 atom stereocenters. The van der Waals surface area contributed by atoms with Gasteiger partial charge < -0.3 is 0 Å². The Morgan fingerprint density at radius 2 is 1.33 bits per heavy atom. The Balaban J connectivity index is 1.55. The van der Waals surface area contributed by atoms with Gasteiger partial charge in [0.2, 0.25) is 5.28 Å². The summed E-state index contributed by atoms with van der Waals surface area (Å²) >= 11 is 7.94. The molecule has 0 aliphatic rings. The summed E-state index contributed by atoms with van der Waals surface area (Å²) in [5.74, 6) is 0. The fourth-order valence-electron chi connectivity index (χ4n) is 4.01. The Morgan fingerprint density at radius 1 is 0.633 bits per heavy atom. The maximum absolute atomic E-state index is 6.29. The van der Waals surface area contributed by atoms with Crippen molar-refractivity contribution in [2.45, 2.75) is 0 Å². The first-order chi connectivity index (χ1) is 14.8. The van der Waals surface area contributed by atoms with Crippen LogP contribution < -0.4 is 0 Å². The van der Waals surface area contributed by atoms with Crippen LogP contribution in [-0.4, -0.2) is 9.97 Å². The molecule has 142 valence electrons. The molecule has 0 radical (unpaired) electrons. The minimum atomic E-state index is 0.281. The molecule has 0 spiro atoms. The highest BCUT2D eigenvalue weighted by Gasteiger charge is 2.15. The minimum absolute atomic E-state index is 0.281. The van der Waals surface area contributed by atoms with E-state index in [0.29, 0.717) is 0 Å². The molecule has 0 unspecified atom stereocenters. The van der Waals surface area contributed by atoms with Gasteiger partial charge in [0.25, 0.3) is 0 Å². The number of nitrogens with zero attached hydrogens (tertiary/aromatic N) is 2. The lowest BCUT2D eigenvalue weighted by Crippen LogP contribution is -1.89. The Labute approximate surface area is 182 Å². The lowest BCUT2D eigenvalue weighted by molar-refractivity contribution is 1.24. The highest BCUT2D eigenvalue weighted by atomic mass is 35.5. The first kappa shape index (κ1) is 17.6. The fraction of sp³-hybridized carbons (Fsp3) is 0. The Morgan fingerprint density at radius 3 is 2.17 bits per heavy atom. The summed E-state index contributed by atoms with van der Waals surface area (Å²) in [5, 5.41) is 4.90. The number of benzene rings is 4. The van der Waals surface area contributed by atoms with Gasteiger partial charge >= 0.3 is 0 Å². The van der Waals surface area contributed by atoms with Crippen LogP contribution in [0.25, 0.3) is 53.5 Å². The number of aromatic nitrogens is 2. The van der Waals surface area contributed by atoms with Crippen molar-refractivity contribution in [3.05, 3.63) is 96.3 Å². The molecule has 30 heavy (non-hydrogen) atoms. The number of hydrogen-bond acceptors (Lipinski definition) is 3. The number of hydrogen-bond donors (Lipinski definition) is 0. The van der Waals surface area contributed by atoms with Gasteiger partial charge in [-0.3, -0.25) is 0 Å². The zero-order chi connectivity index (χ0) is 20.1. The number of rotatable bonds is 2. The van der Waals surface area contributed by atoms with Gasteiger partial charge in [-0.2, -0.15) is 0 Å². The van der Waals surface area contributed by atoms with Crippen LogP contribution in [0, 0.1) is 0 Å². The third-order valence-electron chi connectivity index (χ3n) is 5.43. The van der Waals surface area contributed by atoms with Crippen LogP contribution in [-0.2, 0) is 0 Å². The summed E-state index contributed by atoms with van der Waals surface area (Å²) < 4.78 is 1.19. The van der Waals surface area contributed by atoms with Gasteiger partial charge in [0.05, 0.1) is 5.69 Å². The largest absolute Gasteiger partial charge is 0.224 e. The van der Waals surface area contributed by atoms with Crippen LogP contribution in [0.5, 0.6) is 0 Å². The molecule has 0 saturated carbocycles. The average Bonchev–Trinajstić information content (AvgIpc) is 3.16. The van der Waals surface area contributed by atoms with Gasteiger partial charge in [0.1, 0.15) is 4.83 Å². The van der Waals surface area contributed by atoms with Gasteiger partial charge in [-0.25, -0.2) is 9.97 Å². The topological polar surface area (TPSA) is 25.8 Å². The SMILES string of the molecule is Clc1nc(-c2ccc3cc(-c4ccccc4)ccc3c2)c2c(n1)sc1ccccc12. The molecule has 0 aliphatic carbocycles. The second-order valence-corrected chi connectivity index (χ2v) is 8.63. The molecular formula is C26H15ClN2S. The summed E-state index contributed by atoms with van der Waals surface area (Å²) in [7, 11) is 0. The quantitative estimate of drug-likeness (QED) is 0.264. The maximum Gasteiger partial charge on any atom is 0.224 e. The predicted molar refractivity (Wildman–Crippen MR) is 128 cm³/mol. The number of halogens is 1. The van der Waals surface area contributed by atoms with Crippen molar-refractivity contribution in [3.63, 3.8) is 0 Å². The van der Waals surface area contributed by atoms with Crippen molar-refractivity contribution < 1.29 is 0 Å². The molecule has 0 saturated heterocycles. The van der Waals surface area contributed by atoms with E-state index in [1.165, 1.54) is 32.0 Å². The molecule has 0 fully saturated rings. The summed E-state index contributed by atoms with van der Waals surface area (Å²) in [6.07, 6.45) is 0. The average molecular weight is 423 g/mol. The monoisotopic (exact) mass is 422 g/mol. The van der Waals surface area contributed by atoms with E-state index in [1.54, 1.807) is 11.3 Å². The molecule has 4 heteroatoms. The third-order valence-corrected chi connectivity index (χ3v) is 6.67. The summed E-state index contributed by atoms with van der Waals surface area (Å²) in [6, 6.07) is 31.8. The van der Waals surface area contributed by atoms with Gasteiger partial charge in [-0.15, -0.1) is 11.3 Å². The van der Waals surface area contributed by atoms with Crippen molar-refractivity contribution in [2.75, 3.05) is 0 Å². The Kier molecular flexibility index (Phi) is 4.05. The van der Waals surface area contributed by atoms with Gasteiger partial charge in [0.15, 0.2) is 0 Å². The van der Waals surface area contributed by atoms with Crippen LogP contribution in [0.2, 0.25) is 5.28 Å². The smallest absolute Gasteiger partial charge is 0.217 e. The molecule has 0 N–H and O–H groups in total. The minimum Gasteiger partial charge on any atom is -0.217 e. The second kappa shape index (κ2) is 6.91. The molecular weight excluding hydrogens is 408 g/mol. The molecule has 2 nitrogen and oxygen atoms in total. The maximum atomic E-state index is 6.29. The zero-order valence-corrected chi connectivity index (χ0v) is 17.4. The highest BCUT2D eigenvalue weighted by molar-refractivity contribution is 7.25. The molecule has 6 aromatic rings. The van der Waals surface area contributed by atoms with Crippen molar-refractivity contribution in [2.24, 2.45) is 0 Å². The molecule has 0 amide bonds. The van der Waals surface area contributed by atoms with E-state index in [4.69, 9.17) is 11.6 Å². The van der Waals surface area contributed by atoms with Crippen LogP contribution in [0.1, 0.15) is 0 Å². The molecule has 2 aromatic heterocycles. The number of fused-ring (bicyclic) bond motifs is 4. The molecule has 6 rings (SSSR count). The van der Waals surface area contributed by atoms with Gasteiger partial charge in [0, 0.05) is 21.0 Å². The van der Waals surface area contributed by atoms with E-state index < -0.39 is 0 Å². The van der Waals surface area contributed by atoms with E-state index in [2.05, 4.69) is 88.8 Å². The normalized spacial score (nSPS) is 11.5. The van der Waals surface area contributed by atoms with Gasteiger partial charge in [-0.1, -0.05) is 72.8 Å². The van der Waals surface area contributed by atoms with Crippen molar-refractivity contribution in [1.82, 2.24) is 9.97 Å². The van der Waals surface area contributed by atoms with E-state index in [1.807, 2.05) is 12.1 Å². The first-order valence-corrected chi connectivity index (χ1v) is 10.9. The van der Waals surface area contributed by atoms with Crippen molar-refractivity contribution in [1.29, 1.82) is 0 Å². The summed E-state index contributed by atoms with van der Waals surface area (Å²) in [4.78, 5) is 10.0. The van der Waals surface area contributed by atoms with Crippen LogP contribution in [0.4, 0.5) is 0 Å². The number of thiophene rings is 1. The van der Waals surface area contributed by atoms with E-state index >= 15 is 0 Å². The van der Waals surface area contributed by atoms with E-state index in [0.717, 1.165) is 21.5 Å². The molecule has 0 aliphatic heterocycles. The summed E-state index contributed by atoms with van der Waals surface area (Å²) in [5.41, 5.74) is 4.37. The Hall–Kier alpha value is -3.27. The standard InChI is InChI=1S/C26H15ClN2S/c27-26-28-24(23-21-8-4-5-9-22(21)30-25(23)29-26)20-13-12-18-14-17(10-11-19(18)15-20)16-6-2-1-3-7-16/h1-15H. The molecule has 0 bridgehead atoms. The fourth-order valence-corrected chi connectivity index (χ4v) is 5.30. The Bertz CT molecular complexity index is 1550. The van der Waals surface area contributed by atoms with E-state index in [9.17, 15) is 0 Å². The van der Waals surface area contributed by atoms with Crippen molar-refractivity contribution >= 4 is 54.0 Å². The second-order valence-electron chi connectivity index (χ2n) is 7.26. The zero-order valence-electron chi connectivity index (χ0n) is 15.8. The lowest BCUT2D eigenvalue weighted by atomic mass is 9.98. The van der Waals surface area contributed by atoms with E-state index in [-0.39, 0.29) is 5.28 Å². The van der Waals surface area contributed by atoms with Crippen LogP contribution >= 0.6 is 22.9 Å². The first-order valence-electron chi connectivity index (χ1n) is 9.71.